The minimum Gasteiger partial charge on any atom is -0.504 e. The molecule has 0 saturated heterocycles. The molecule has 168 valence electrons. The summed E-state index contributed by atoms with van der Waals surface area (Å²) in [5, 5.41) is 30.2. The molecule has 1 aliphatic rings. The number of aromatic hydroxyl groups is 1. The number of aliphatic hydroxyl groups is 1. The van der Waals surface area contributed by atoms with Crippen LogP contribution in [0.5, 0.6) is 17.2 Å². The van der Waals surface area contributed by atoms with Gasteiger partial charge in [0.15, 0.2) is 11.5 Å². The number of ether oxygens (including phenoxy) is 2. The van der Waals surface area contributed by atoms with Crippen molar-refractivity contribution in [3.05, 3.63) is 48.0 Å². The Balaban J connectivity index is 0.000000785. The number of benzene rings is 2. The molecule has 0 radical (unpaired) electrons. The maximum atomic E-state index is 11.0. The van der Waals surface area contributed by atoms with E-state index in [1.54, 1.807) is 29.2 Å². The van der Waals surface area contributed by atoms with Gasteiger partial charge in [-0.3, -0.25) is 9.59 Å². The van der Waals surface area contributed by atoms with Gasteiger partial charge in [0, 0.05) is 32.1 Å². The average molecular weight is 432 g/mol. The number of hydrogen-bond acceptors (Lipinski definition) is 7. The fourth-order valence-electron chi connectivity index (χ4n) is 3.00. The predicted molar refractivity (Wildman–Crippen MR) is 115 cm³/mol. The summed E-state index contributed by atoms with van der Waals surface area (Å²) in [6.45, 7) is 3.16. The van der Waals surface area contributed by atoms with Gasteiger partial charge in [-0.1, -0.05) is 18.2 Å². The zero-order chi connectivity index (χ0) is 22.6. The number of phenolic OH excluding ortho intramolecular Hbond substituents is 1. The summed E-state index contributed by atoms with van der Waals surface area (Å²) in [4.78, 5) is 21.7. The molecule has 0 aromatic heterocycles. The number of hydrogen-bond donors (Lipinski definition) is 4. The number of aliphatic carboxylic acids is 1. The smallest absolute Gasteiger partial charge is 0.300 e. The minimum absolute atomic E-state index is 0.106. The lowest BCUT2D eigenvalue weighted by Crippen LogP contribution is -2.33. The molecule has 0 bridgehead atoms. The Morgan fingerprint density at radius 3 is 2.61 bits per heavy atom. The van der Waals surface area contributed by atoms with Crippen LogP contribution in [0.3, 0.4) is 0 Å². The first-order valence-electron chi connectivity index (χ1n) is 9.88. The lowest BCUT2D eigenvalue weighted by molar-refractivity contribution is -0.134. The van der Waals surface area contributed by atoms with E-state index in [2.05, 4.69) is 5.32 Å². The SMILES string of the molecule is CC(=O)O.O=CN1CCc2c(OCC(O)CNCCOc3ccccc3O)cccc21. The van der Waals surface area contributed by atoms with E-state index >= 15 is 0 Å². The number of nitrogens with one attached hydrogen (secondary N) is 1. The first-order valence-corrected chi connectivity index (χ1v) is 9.88. The number of carbonyl (C=O) groups excluding carboxylic acids is 1. The standard InChI is InChI=1S/C20H24N2O5.C2H4O2/c23-14-22-10-8-16-17(22)4-3-7-19(16)27-13-15(24)12-21-9-11-26-20-6-2-1-5-18(20)25;1-2(3)4/h1-7,14-15,21,24-25H,8-13H2;1H3,(H,3,4). The maximum Gasteiger partial charge on any atom is 0.300 e. The van der Waals surface area contributed by atoms with E-state index < -0.39 is 12.1 Å². The second kappa shape index (κ2) is 12.4. The highest BCUT2D eigenvalue weighted by Gasteiger charge is 2.22. The summed E-state index contributed by atoms with van der Waals surface area (Å²) >= 11 is 0. The van der Waals surface area contributed by atoms with Gasteiger partial charge in [-0.25, -0.2) is 0 Å². The molecule has 2 aromatic rings. The van der Waals surface area contributed by atoms with E-state index in [9.17, 15) is 15.0 Å². The molecule has 1 atom stereocenters. The van der Waals surface area contributed by atoms with Crippen LogP contribution in [0.15, 0.2) is 42.5 Å². The summed E-state index contributed by atoms with van der Waals surface area (Å²) in [5.74, 6) is 0.416. The Bertz CT molecular complexity index is 856. The molecule has 31 heavy (non-hydrogen) atoms. The molecule has 9 nitrogen and oxygen atoms in total. The van der Waals surface area contributed by atoms with Crippen molar-refractivity contribution >= 4 is 18.1 Å². The van der Waals surface area contributed by atoms with Crippen LogP contribution >= 0.6 is 0 Å². The highest BCUT2D eigenvalue weighted by atomic mass is 16.5. The van der Waals surface area contributed by atoms with Gasteiger partial charge in [-0.2, -0.15) is 0 Å². The summed E-state index contributed by atoms with van der Waals surface area (Å²) in [5.41, 5.74) is 1.87. The molecule has 2 aromatic carbocycles. The van der Waals surface area contributed by atoms with Crippen molar-refractivity contribution in [3.63, 3.8) is 0 Å². The first kappa shape index (κ1) is 24.0. The molecule has 1 aliphatic heterocycles. The third kappa shape index (κ3) is 7.80. The van der Waals surface area contributed by atoms with Crippen LogP contribution in [0.25, 0.3) is 0 Å². The number of rotatable bonds is 10. The van der Waals surface area contributed by atoms with Crippen LogP contribution in [0.2, 0.25) is 0 Å². The van der Waals surface area contributed by atoms with E-state index in [0.29, 0.717) is 37.7 Å². The third-order valence-electron chi connectivity index (χ3n) is 4.36. The molecule has 9 heteroatoms. The van der Waals surface area contributed by atoms with Crippen molar-refractivity contribution < 1.29 is 34.4 Å². The fourth-order valence-corrected chi connectivity index (χ4v) is 3.00. The number of carbonyl (C=O) groups is 2. The highest BCUT2D eigenvalue weighted by Crippen LogP contribution is 2.34. The Hall–Kier alpha value is -3.30. The predicted octanol–water partition coefficient (Wildman–Crippen LogP) is 1.41. The van der Waals surface area contributed by atoms with Crippen LogP contribution in [-0.4, -0.2) is 66.7 Å². The Morgan fingerprint density at radius 2 is 1.90 bits per heavy atom. The van der Waals surface area contributed by atoms with Gasteiger partial charge < -0.3 is 35.0 Å². The first-order chi connectivity index (χ1) is 14.9. The number of para-hydroxylation sites is 2. The quantitative estimate of drug-likeness (QED) is 0.328. The number of carboxylic acid groups (broad SMARTS) is 1. The van der Waals surface area contributed by atoms with Crippen LogP contribution in [0.4, 0.5) is 5.69 Å². The van der Waals surface area contributed by atoms with Crippen molar-refractivity contribution in [1.29, 1.82) is 0 Å². The monoisotopic (exact) mass is 432 g/mol. The molecular weight excluding hydrogens is 404 g/mol. The van der Waals surface area contributed by atoms with Gasteiger partial charge >= 0.3 is 0 Å². The van der Waals surface area contributed by atoms with Gasteiger partial charge in [0.1, 0.15) is 25.1 Å². The molecule has 0 spiro atoms. The zero-order valence-electron chi connectivity index (χ0n) is 17.4. The van der Waals surface area contributed by atoms with E-state index in [0.717, 1.165) is 31.0 Å². The summed E-state index contributed by atoms with van der Waals surface area (Å²) in [6.07, 6.45) is 0.906. The molecular formula is C22H28N2O7. The van der Waals surface area contributed by atoms with E-state index in [4.69, 9.17) is 19.4 Å². The number of carboxylic acids is 1. The van der Waals surface area contributed by atoms with Gasteiger partial charge in [-0.05, 0) is 30.7 Å². The van der Waals surface area contributed by atoms with Crippen molar-refractivity contribution in [1.82, 2.24) is 5.32 Å². The van der Waals surface area contributed by atoms with Crippen molar-refractivity contribution in [3.8, 4) is 17.2 Å². The van der Waals surface area contributed by atoms with E-state index in [1.165, 1.54) is 0 Å². The molecule has 1 heterocycles. The van der Waals surface area contributed by atoms with Crippen molar-refractivity contribution in [2.45, 2.75) is 19.4 Å². The molecule has 0 fully saturated rings. The normalized spacial score (nSPS) is 12.9. The lowest BCUT2D eigenvalue weighted by atomic mass is 10.1. The summed E-state index contributed by atoms with van der Waals surface area (Å²) < 4.78 is 11.2. The highest BCUT2D eigenvalue weighted by molar-refractivity contribution is 5.81. The number of phenols is 1. The number of anilines is 1. The van der Waals surface area contributed by atoms with E-state index in [1.807, 2.05) is 18.2 Å². The van der Waals surface area contributed by atoms with Crippen molar-refractivity contribution in [2.75, 3.05) is 37.7 Å². The van der Waals surface area contributed by atoms with Crippen LogP contribution in [0.1, 0.15) is 12.5 Å². The Kier molecular flexibility index (Phi) is 9.60. The number of aliphatic hydroxyl groups excluding tert-OH is 1. The Labute approximate surface area is 180 Å². The molecule has 3 rings (SSSR count). The van der Waals surface area contributed by atoms with Crippen molar-refractivity contribution in [2.24, 2.45) is 0 Å². The van der Waals surface area contributed by atoms with Gasteiger partial charge in [0.25, 0.3) is 5.97 Å². The van der Waals surface area contributed by atoms with Crippen LogP contribution in [-0.2, 0) is 16.0 Å². The van der Waals surface area contributed by atoms with Crippen LogP contribution < -0.4 is 19.7 Å². The number of nitrogens with zero attached hydrogens (tertiary/aromatic N) is 1. The minimum atomic E-state index is -0.833. The third-order valence-corrected chi connectivity index (χ3v) is 4.36. The molecule has 1 unspecified atom stereocenters. The molecule has 1 amide bonds. The largest absolute Gasteiger partial charge is 0.504 e. The molecule has 0 saturated carbocycles. The molecule has 4 N–H and O–H groups in total. The van der Waals surface area contributed by atoms with Gasteiger partial charge in [0.2, 0.25) is 6.41 Å². The zero-order valence-corrected chi connectivity index (χ0v) is 17.4. The van der Waals surface area contributed by atoms with Gasteiger partial charge in [0.05, 0.1) is 5.69 Å². The molecule has 0 aliphatic carbocycles. The number of fused-ring (bicyclic) bond motifs is 1. The maximum absolute atomic E-state index is 11.0. The van der Waals surface area contributed by atoms with Gasteiger partial charge in [-0.15, -0.1) is 0 Å². The summed E-state index contributed by atoms with van der Waals surface area (Å²) in [6, 6.07) is 12.4. The van der Waals surface area contributed by atoms with Crippen LogP contribution in [0, 0.1) is 0 Å². The fraction of sp³-hybridized carbons (Fsp3) is 0.364. The van der Waals surface area contributed by atoms with E-state index in [-0.39, 0.29) is 12.4 Å². The number of amides is 1. The lowest BCUT2D eigenvalue weighted by Gasteiger charge is -2.16. The topological polar surface area (TPSA) is 129 Å². The second-order valence-corrected chi connectivity index (χ2v) is 6.81. The summed E-state index contributed by atoms with van der Waals surface area (Å²) in [7, 11) is 0. The second-order valence-electron chi connectivity index (χ2n) is 6.81. The average Bonchev–Trinajstić information content (AvgIpc) is 3.16. The Morgan fingerprint density at radius 1 is 1.19 bits per heavy atom.